The molecule has 0 radical (unpaired) electrons. The molecular formula is C35H58F2N4O5. The van der Waals surface area contributed by atoms with E-state index in [-0.39, 0.29) is 69.2 Å². The first-order valence-electron chi connectivity index (χ1n) is 17.2. The monoisotopic (exact) mass is 652 g/mol. The van der Waals surface area contributed by atoms with E-state index in [2.05, 4.69) is 0 Å². The number of rotatable bonds is 17. The highest BCUT2D eigenvalue weighted by Crippen LogP contribution is 2.24. The summed E-state index contributed by atoms with van der Waals surface area (Å²) in [6.07, 6.45) is 14.0. The number of hydrogen-bond donors (Lipinski definition) is 0. The lowest BCUT2D eigenvalue weighted by molar-refractivity contribution is -0.146. The molecule has 0 aromatic heterocycles. The number of carbonyl (C=O) groups is 4. The lowest BCUT2D eigenvalue weighted by Gasteiger charge is -2.35. The van der Waals surface area contributed by atoms with Crippen LogP contribution in [-0.4, -0.2) is 115 Å². The number of ketones is 1. The molecule has 2 aliphatic rings. The van der Waals surface area contributed by atoms with Gasteiger partial charge in [-0.3, -0.25) is 19.3 Å². The topological polar surface area (TPSA) is 90.5 Å². The summed E-state index contributed by atoms with van der Waals surface area (Å²) >= 11 is 0. The molecule has 0 aromatic carbocycles. The van der Waals surface area contributed by atoms with E-state index < -0.39 is 36.4 Å². The van der Waals surface area contributed by atoms with Gasteiger partial charge in [-0.15, -0.1) is 0 Å². The third kappa shape index (κ3) is 12.8. The Morgan fingerprint density at radius 1 is 0.913 bits per heavy atom. The predicted octanol–water partition coefficient (Wildman–Crippen LogP) is 5.80. The molecule has 262 valence electrons. The van der Waals surface area contributed by atoms with Crippen molar-refractivity contribution in [3.63, 3.8) is 0 Å². The van der Waals surface area contributed by atoms with Gasteiger partial charge in [0.25, 0.3) is 5.92 Å². The van der Waals surface area contributed by atoms with E-state index in [0.717, 1.165) is 38.5 Å². The standard InChI is InChI=1S/C35H58F2N4O5/c1-7-35(36,37)26-40(8-2)22-21-30(33(44)41(9-3)23-31(42)28-18-13-11-10-12-14-19-28)39(6)32(43)24-38(5)34(45)46-25-29-20-16-15-17-27(29)4/h15-17,20,27-30H,7-14,18-19,21-26H2,1-6H3/t27?,29?,30-/m0/s1. The second-order valence-corrected chi connectivity index (χ2v) is 13.0. The molecule has 0 bridgehead atoms. The molecule has 1 saturated carbocycles. The van der Waals surface area contributed by atoms with Gasteiger partial charge in [0.1, 0.15) is 19.2 Å². The SMILES string of the molecule is CCN(CC[C@@H](C(=O)N(CC)CC(=O)C1CCCCCCC1)N(C)C(=O)CN(C)C(=O)OCC1C=CC=CC1C)CC(F)(F)CC. The summed E-state index contributed by atoms with van der Waals surface area (Å²) in [4.78, 5) is 59.1. The minimum Gasteiger partial charge on any atom is -0.449 e. The summed E-state index contributed by atoms with van der Waals surface area (Å²) in [6.45, 7) is 7.19. The van der Waals surface area contributed by atoms with Gasteiger partial charge in [0.05, 0.1) is 13.1 Å². The lowest BCUT2D eigenvalue weighted by Crippen LogP contribution is -2.54. The second kappa shape index (κ2) is 19.8. The van der Waals surface area contributed by atoms with Gasteiger partial charge in [-0.1, -0.05) is 77.2 Å². The zero-order valence-electron chi connectivity index (χ0n) is 29.0. The van der Waals surface area contributed by atoms with Gasteiger partial charge in [-0.2, -0.15) is 0 Å². The first-order valence-corrected chi connectivity index (χ1v) is 17.2. The smallest absolute Gasteiger partial charge is 0.409 e. The molecule has 3 atom stereocenters. The van der Waals surface area contributed by atoms with Crippen molar-refractivity contribution in [2.75, 3.05) is 60.0 Å². The molecule has 3 amide bonds. The van der Waals surface area contributed by atoms with Crippen LogP contribution in [0, 0.1) is 17.8 Å². The summed E-state index contributed by atoms with van der Waals surface area (Å²) in [5, 5.41) is 0. The van der Waals surface area contributed by atoms with Gasteiger partial charge in [-0.25, -0.2) is 13.6 Å². The molecule has 0 saturated heterocycles. The maximum absolute atomic E-state index is 14.3. The number of amides is 3. The lowest BCUT2D eigenvalue weighted by atomic mass is 9.88. The Morgan fingerprint density at radius 2 is 1.54 bits per heavy atom. The van der Waals surface area contributed by atoms with Gasteiger partial charge in [0, 0.05) is 45.4 Å². The van der Waals surface area contributed by atoms with E-state index in [1.54, 1.807) is 18.7 Å². The third-order valence-corrected chi connectivity index (χ3v) is 9.53. The van der Waals surface area contributed by atoms with Gasteiger partial charge >= 0.3 is 6.09 Å². The molecule has 1 fully saturated rings. The fourth-order valence-corrected chi connectivity index (χ4v) is 6.03. The zero-order valence-corrected chi connectivity index (χ0v) is 29.0. The van der Waals surface area contributed by atoms with Crippen molar-refractivity contribution in [2.24, 2.45) is 17.8 Å². The highest BCUT2D eigenvalue weighted by Gasteiger charge is 2.35. The Hall–Kier alpha value is -2.82. The van der Waals surface area contributed by atoms with Gasteiger partial charge in [-0.05, 0) is 38.6 Å². The Morgan fingerprint density at radius 3 is 2.13 bits per heavy atom. The molecule has 2 rings (SSSR count). The van der Waals surface area contributed by atoms with Crippen LogP contribution in [0.5, 0.6) is 0 Å². The molecule has 11 heteroatoms. The molecule has 46 heavy (non-hydrogen) atoms. The van der Waals surface area contributed by atoms with Crippen molar-refractivity contribution in [3.05, 3.63) is 24.3 Å². The molecule has 2 aliphatic carbocycles. The van der Waals surface area contributed by atoms with E-state index in [0.29, 0.717) is 6.54 Å². The quantitative estimate of drug-likeness (QED) is 0.198. The van der Waals surface area contributed by atoms with Crippen molar-refractivity contribution in [1.82, 2.24) is 19.6 Å². The number of likely N-dealkylation sites (N-methyl/N-ethyl adjacent to an activating group) is 3. The molecule has 0 aromatic rings. The summed E-state index contributed by atoms with van der Waals surface area (Å²) in [7, 11) is 2.95. The first-order chi connectivity index (χ1) is 21.8. The van der Waals surface area contributed by atoms with Crippen molar-refractivity contribution in [2.45, 2.75) is 97.4 Å². The van der Waals surface area contributed by atoms with E-state index in [1.807, 2.05) is 31.2 Å². The molecular weight excluding hydrogens is 594 g/mol. The second-order valence-electron chi connectivity index (χ2n) is 13.0. The summed E-state index contributed by atoms with van der Waals surface area (Å²) in [5.41, 5.74) is 0. The van der Waals surface area contributed by atoms with Crippen LogP contribution in [0.4, 0.5) is 13.6 Å². The Labute approximate surface area is 275 Å². The van der Waals surface area contributed by atoms with Crippen LogP contribution in [0.1, 0.15) is 85.5 Å². The van der Waals surface area contributed by atoms with E-state index >= 15 is 0 Å². The van der Waals surface area contributed by atoms with Crippen LogP contribution in [0.15, 0.2) is 24.3 Å². The summed E-state index contributed by atoms with van der Waals surface area (Å²) in [6, 6.07) is -0.994. The number of ether oxygens (including phenoxy) is 1. The van der Waals surface area contributed by atoms with Crippen LogP contribution in [0.3, 0.4) is 0 Å². The summed E-state index contributed by atoms with van der Waals surface area (Å²) < 4.78 is 34.0. The Bertz CT molecular complexity index is 1040. The molecule has 0 heterocycles. The van der Waals surface area contributed by atoms with Crippen LogP contribution in [-0.2, 0) is 19.1 Å². The number of carbonyl (C=O) groups excluding carboxylic acids is 4. The average Bonchev–Trinajstić information content (AvgIpc) is 3.01. The van der Waals surface area contributed by atoms with E-state index in [1.165, 1.54) is 42.1 Å². The number of Topliss-reactive ketones (excluding diaryl/α,β-unsaturated/α-hetero) is 1. The van der Waals surface area contributed by atoms with Gasteiger partial charge < -0.3 is 19.4 Å². The number of nitrogens with zero attached hydrogens (tertiary/aromatic N) is 4. The number of hydrogen-bond acceptors (Lipinski definition) is 6. The maximum atomic E-state index is 14.3. The molecule has 2 unspecified atom stereocenters. The molecule has 9 nitrogen and oxygen atoms in total. The van der Waals surface area contributed by atoms with E-state index in [9.17, 15) is 28.0 Å². The number of allylic oxidation sites excluding steroid dienone is 3. The van der Waals surface area contributed by atoms with Gasteiger partial charge in [0.2, 0.25) is 11.8 Å². The van der Waals surface area contributed by atoms with Crippen LogP contribution >= 0.6 is 0 Å². The predicted molar refractivity (Wildman–Crippen MR) is 177 cm³/mol. The van der Waals surface area contributed by atoms with Crippen molar-refractivity contribution in [1.29, 1.82) is 0 Å². The van der Waals surface area contributed by atoms with Crippen LogP contribution in [0.2, 0.25) is 0 Å². The van der Waals surface area contributed by atoms with Crippen LogP contribution < -0.4 is 0 Å². The highest BCUT2D eigenvalue weighted by atomic mass is 19.3. The fourth-order valence-electron chi connectivity index (χ4n) is 6.03. The fraction of sp³-hybridized carbons (Fsp3) is 0.771. The summed E-state index contributed by atoms with van der Waals surface area (Å²) in [5.74, 6) is -3.57. The van der Waals surface area contributed by atoms with Crippen molar-refractivity contribution in [3.8, 4) is 0 Å². The molecule has 0 spiro atoms. The number of alkyl halides is 2. The van der Waals surface area contributed by atoms with E-state index in [4.69, 9.17) is 4.74 Å². The minimum atomic E-state index is -2.87. The minimum absolute atomic E-state index is 0.0303. The Balaban J connectivity index is 2.15. The average molecular weight is 653 g/mol. The van der Waals surface area contributed by atoms with Gasteiger partial charge in [0.15, 0.2) is 5.78 Å². The Kier molecular flexibility index (Phi) is 16.9. The zero-order chi connectivity index (χ0) is 34.3. The normalized spacial score (nSPS) is 19.7. The van der Waals surface area contributed by atoms with Crippen LogP contribution in [0.25, 0.3) is 0 Å². The first kappa shape index (κ1) is 39.4. The van der Waals surface area contributed by atoms with Crippen molar-refractivity contribution < 1.29 is 32.7 Å². The molecule has 0 aliphatic heterocycles. The third-order valence-electron chi connectivity index (χ3n) is 9.53. The number of halogens is 2. The van der Waals surface area contributed by atoms with Crippen molar-refractivity contribution >= 4 is 23.7 Å². The highest BCUT2D eigenvalue weighted by molar-refractivity contribution is 5.92. The maximum Gasteiger partial charge on any atom is 0.409 e. The largest absolute Gasteiger partial charge is 0.449 e. The molecule has 0 N–H and O–H groups in total.